The topological polar surface area (TPSA) is 55.6 Å². The minimum atomic E-state index is -0.351. The molecule has 5 nitrogen and oxygen atoms in total. The first-order chi connectivity index (χ1) is 12.5. The molecule has 1 fully saturated rings. The number of halogens is 3. The molecule has 4 rings (SSSR count). The molecule has 8 heteroatoms. The summed E-state index contributed by atoms with van der Waals surface area (Å²) < 4.78 is 11.4. The SMILES string of the molecule is CN1CCC(OC(=O)c2ccc3nc(-c4cc(Cl)cc(Cl)c4)oc3c2)C1.Cl. The number of likely N-dealkylation sites (tertiary alicyclic amines) is 1. The molecule has 0 saturated carbocycles. The van der Waals surface area contributed by atoms with Crippen LogP contribution < -0.4 is 0 Å². The van der Waals surface area contributed by atoms with Crippen LogP contribution in [0.4, 0.5) is 0 Å². The van der Waals surface area contributed by atoms with Crippen molar-refractivity contribution < 1.29 is 13.9 Å². The fourth-order valence-electron chi connectivity index (χ4n) is 3.06. The Morgan fingerprint density at radius 2 is 1.96 bits per heavy atom. The third-order valence-electron chi connectivity index (χ3n) is 4.36. The minimum Gasteiger partial charge on any atom is -0.457 e. The van der Waals surface area contributed by atoms with Gasteiger partial charge in [0.1, 0.15) is 11.6 Å². The standard InChI is InChI=1S/C19H16Cl2N2O3.ClH/c1-23-5-4-15(10-23)25-19(24)11-2-3-16-17(8-11)26-18(22-16)12-6-13(20)9-14(21)7-12;/h2-3,6-9,15H,4-5,10H2,1H3;1H. The van der Waals surface area contributed by atoms with E-state index in [0.717, 1.165) is 19.5 Å². The van der Waals surface area contributed by atoms with Crippen LogP contribution in [0, 0.1) is 0 Å². The molecule has 0 N–H and O–H groups in total. The van der Waals surface area contributed by atoms with Gasteiger partial charge in [-0.1, -0.05) is 23.2 Å². The summed E-state index contributed by atoms with van der Waals surface area (Å²) in [7, 11) is 2.01. The van der Waals surface area contributed by atoms with Gasteiger partial charge in [-0.15, -0.1) is 12.4 Å². The lowest BCUT2D eigenvalue weighted by Gasteiger charge is -2.12. The van der Waals surface area contributed by atoms with E-state index in [-0.39, 0.29) is 24.5 Å². The first-order valence-electron chi connectivity index (χ1n) is 8.24. The van der Waals surface area contributed by atoms with Crippen molar-refractivity contribution in [2.45, 2.75) is 12.5 Å². The van der Waals surface area contributed by atoms with Gasteiger partial charge in [0.15, 0.2) is 5.58 Å². The largest absolute Gasteiger partial charge is 0.457 e. The third kappa shape index (κ3) is 4.38. The van der Waals surface area contributed by atoms with Crippen molar-refractivity contribution in [2.75, 3.05) is 20.1 Å². The fourth-order valence-corrected chi connectivity index (χ4v) is 3.59. The Labute approximate surface area is 172 Å². The smallest absolute Gasteiger partial charge is 0.338 e. The van der Waals surface area contributed by atoms with Crippen LogP contribution in [0.2, 0.25) is 10.0 Å². The van der Waals surface area contributed by atoms with E-state index < -0.39 is 0 Å². The lowest BCUT2D eigenvalue weighted by molar-refractivity contribution is 0.0327. The van der Waals surface area contributed by atoms with E-state index in [0.29, 0.717) is 38.2 Å². The zero-order valence-electron chi connectivity index (χ0n) is 14.4. The van der Waals surface area contributed by atoms with Crippen molar-refractivity contribution in [3.8, 4) is 11.5 Å². The number of oxazole rings is 1. The summed E-state index contributed by atoms with van der Waals surface area (Å²) in [6.07, 6.45) is 0.786. The van der Waals surface area contributed by atoms with Crippen molar-refractivity contribution in [3.63, 3.8) is 0 Å². The molecule has 1 aromatic heterocycles. The Balaban J connectivity index is 0.00000210. The number of hydrogen-bond donors (Lipinski definition) is 0. The van der Waals surface area contributed by atoms with Crippen molar-refractivity contribution in [2.24, 2.45) is 0 Å². The van der Waals surface area contributed by atoms with E-state index in [1.165, 1.54) is 0 Å². The maximum Gasteiger partial charge on any atom is 0.338 e. The Kier molecular flexibility index (Phi) is 5.96. The summed E-state index contributed by atoms with van der Waals surface area (Å²) in [5, 5.41) is 1.00. The van der Waals surface area contributed by atoms with Gasteiger partial charge < -0.3 is 14.1 Å². The maximum absolute atomic E-state index is 12.4. The molecule has 1 saturated heterocycles. The quantitative estimate of drug-likeness (QED) is 0.545. The summed E-state index contributed by atoms with van der Waals surface area (Å²) in [6, 6.07) is 10.2. The average molecular weight is 428 g/mol. The van der Waals surface area contributed by atoms with Gasteiger partial charge in [-0.3, -0.25) is 0 Å². The number of benzene rings is 2. The van der Waals surface area contributed by atoms with Gasteiger partial charge in [-0.05, 0) is 49.9 Å². The second-order valence-electron chi connectivity index (χ2n) is 6.44. The van der Waals surface area contributed by atoms with Crippen LogP contribution in [0.1, 0.15) is 16.8 Å². The van der Waals surface area contributed by atoms with Crippen LogP contribution in [0.15, 0.2) is 40.8 Å². The molecular formula is C19H17Cl3N2O3. The second kappa shape index (κ2) is 8.07. The maximum atomic E-state index is 12.4. The highest BCUT2D eigenvalue weighted by atomic mass is 35.5. The van der Waals surface area contributed by atoms with Crippen molar-refractivity contribution in [1.29, 1.82) is 0 Å². The molecule has 142 valence electrons. The summed E-state index contributed by atoms with van der Waals surface area (Å²) in [5.41, 5.74) is 2.28. The average Bonchev–Trinajstić information content (AvgIpc) is 3.19. The monoisotopic (exact) mass is 426 g/mol. The molecule has 1 unspecified atom stereocenters. The molecule has 1 aliphatic rings. The van der Waals surface area contributed by atoms with E-state index in [2.05, 4.69) is 9.88 Å². The number of hydrogen-bond acceptors (Lipinski definition) is 5. The molecule has 0 bridgehead atoms. The molecule has 2 heterocycles. The number of ether oxygens (including phenoxy) is 1. The molecule has 1 atom stereocenters. The Morgan fingerprint density at radius 3 is 2.63 bits per heavy atom. The zero-order valence-corrected chi connectivity index (χ0v) is 16.8. The third-order valence-corrected chi connectivity index (χ3v) is 4.79. The molecule has 2 aromatic carbocycles. The van der Waals surface area contributed by atoms with Crippen LogP contribution in [0.3, 0.4) is 0 Å². The summed E-state index contributed by atoms with van der Waals surface area (Å²) in [4.78, 5) is 19.0. The van der Waals surface area contributed by atoms with E-state index in [1.54, 1.807) is 36.4 Å². The molecule has 0 radical (unpaired) electrons. The number of rotatable bonds is 3. The Bertz CT molecular complexity index is 969. The van der Waals surface area contributed by atoms with Crippen LogP contribution in [0.25, 0.3) is 22.6 Å². The minimum absolute atomic E-state index is 0. The fraction of sp³-hybridized carbons (Fsp3) is 0.263. The van der Waals surface area contributed by atoms with Gasteiger partial charge >= 0.3 is 5.97 Å². The van der Waals surface area contributed by atoms with Gasteiger partial charge in [0.2, 0.25) is 5.89 Å². The number of carbonyl (C=O) groups excluding carboxylic acids is 1. The van der Waals surface area contributed by atoms with Crippen molar-refractivity contribution in [3.05, 3.63) is 52.0 Å². The number of carbonyl (C=O) groups is 1. The molecule has 0 amide bonds. The van der Waals surface area contributed by atoms with Gasteiger partial charge in [0.05, 0.1) is 5.56 Å². The first kappa shape index (κ1) is 20.0. The van der Waals surface area contributed by atoms with E-state index >= 15 is 0 Å². The molecule has 1 aliphatic heterocycles. The normalized spacial score (nSPS) is 17.1. The van der Waals surface area contributed by atoms with Gasteiger partial charge in [-0.2, -0.15) is 0 Å². The Morgan fingerprint density at radius 1 is 1.22 bits per heavy atom. The number of fused-ring (bicyclic) bond motifs is 1. The van der Waals surface area contributed by atoms with Crippen LogP contribution in [-0.2, 0) is 4.74 Å². The zero-order chi connectivity index (χ0) is 18.3. The van der Waals surface area contributed by atoms with Crippen molar-refractivity contribution >= 4 is 52.7 Å². The first-order valence-corrected chi connectivity index (χ1v) is 9.00. The highest BCUT2D eigenvalue weighted by Crippen LogP contribution is 2.29. The highest BCUT2D eigenvalue weighted by molar-refractivity contribution is 6.35. The number of aromatic nitrogens is 1. The predicted molar refractivity (Wildman–Crippen MR) is 108 cm³/mol. The summed E-state index contributed by atoms with van der Waals surface area (Å²) in [6.45, 7) is 1.70. The van der Waals surface area contributed by atoms with Crippen LogP contribution in [0.5, 0.6) is 0 Å². The predicted octanol–water partition coefficient (Wildman–Crippen LogP) is 5.08. The molecule has 27 heavy (non-hydrogen) atoms. The lowest BCUT2D eigenvalue weighted by atomic mass is 10.2. The summed E-state index contributed by atoms with van der Waals surface area (Å²) in [5.74, 6) is 0.0447. The highest BCUT2D eigenvalue weighted by Gasteiger charge is 2.24. The number of likely N-dealkylation sites (N-methyl/N-ethyl adjacent to an activating group) is 1. The molecule has 0 aliphatic carbocycles. The lowest BCUT2D eigenvalue weighted by Crippen LogP contribution is -2.22. The van der Waals surface area contributed by atoms with Crippen LogP contribution in [-0.4, -0.2) is 42.1 Å². The van der Waals surface area contributed by atoms with E-state index in [4.69, 9.17) is 32.4 Å². The van der Waals surface area contributed by atoms with E-state index in [9.17, 15) is 4.79 Å². The molecule has 3 aromatic rings. The van der Waals surface area contributed by atoms with Gasteiger partial charge in [0, 0.05) is 28.7 Å². The number of nitrogens with zero attached hydrogens (tertiary/aromatic N) is 2. The van der Waals surface area contributed by atoms with E-state index in [1.807, 2.05) is 7.05 Å². The summed E-state index contributed by atoms with van der Waals surface area (Å²) >= 11 is 12.1. The Hall–Kier alpha value is -1.79. The van der Waals surface area contributed by atoms with Crippen LogP contribution >= 0.6 is 35.6 Å². The van der Waals surface area contributed by atoms with Gasteiger partial charge in [0.25, 0.3) is 0 Å². The second-order valence-corrected chi connectivity index (χ2v) is 7.31. The van der Waals surface area contributed by atoms with Gasteiger partial charge in [-0.25, -0.2) is 9.78 Å². The number of esters is 1. The van der Waals surface area contributed by atoms with Crippen molar-refractivity contribution in [1.82, 2.24) is 9.88 Å². The molecular weight excluding hydrogens is 411 g/mol. The molecule has 0 spiro atoms.